The highest BCUT2D eigenvalue weighted by atomic mass is 14.2. The molecule has 0 spiro atoms. The van der Waals surface area contributed by atoms with Crippen molar-refractivity contribution in [2.24, 2.45) is 5.92 Å². The number of hydrogen-bond donors (Lipinski definition) is 0. The zero-order valence-electron chi connectivity index (χ0n) is 4.98. The van der Waals surface area contributed by atoms with Crippen LogP contribution in [0.2, 0.25) is 0 Å². The van der Waals surface area contributed by atoms with Gasteiger partial charge in [-0.25, -0.2) is 0 Å². The van der Waals surface area contributed by atoms with E-state index in [1.165, 1.54) is 25.7 Å². The predicted molar refractivity (Wildman–Crippen MR) is 31.9 cm³/mol. The molecule has 1 atom stereocenters. The van der Waals surface area contributed by atoms with Gasteiger partial charge in [0.25, 0.3) is 0 Å². The molecule has 1 unspecified atom stereocenters. The number of unbranched alkanes of at least 4 members (excludes halogenated alkanes) is 1. The van der Waals surface area contributed by atoms with Crippen molar-refractivity contribution in [1.82, 2.24) is 0 Å². The van der Waals surface area contributed by atoms with Crippen LogP contribution < -0.4 is 0 Å². The minimum absolute atomic E-state index is 1.03. The summed E-state index contributed by atoms with van der Waals surface area (Å²) in [7, 11) is 0. The van der Waals surface area contributed by atoms with Crippen molar-refractivity contribution in [3.8, 4) is 0 Å². The van der Waals surface area contributed by atoms with Crippen LogP contribution in [0.3, 0.4) is 0 Å². The van der Waals surface area contributed by atoms with Crippen molar-refractivity contribution in [1.29, 1.82) is 0 Å². The van der Waals surface area contributed by atoms with Crippen LogP contribution in [0, 0.1) is 12.3 Å². The second kappa shape index (κ2) is 2.25. The molecule has 0 heterocycles. The molecule has 0 heteroatoms. The third-order valence-corrected chi connectivity index (χ3v) is 1.50. The maximum Gasteiger partial charge on any atom is 0.138 e. The van der Waals surface area contributed by atoms with E-state index < -0.39 is 0 Å². The van der Waals surface area contributed by atoms with E-state index in [1.807, 2.05) is 0 Å². The van der Waals surface area contributed by atoms with Crippen molar-refractivity contribution in [3.63, 3.8) is 0 Å². The fraction of sp³-hybridized carbons (Fsp3) is 0.857. The largest absolute Gasteiger partial charge is 0.138 e. The molecule has 0 N–H and O–H groups in total. The van der Waals surface area contributed by atoms with Gasteiger partial charge in [0.15, 0.2) is 0 Å². The summed E-state index contributed by atoms with van der Waals surface area (Å²) in [5, 5.41) is 0. The van der Waals surface area contributed by atoms with Gasteiger partial charge in [-0.15, -0.1) is 0 Å². The predicted octanol–water partition coefficient (Wildman–Crippen LogP) is 2.40. The number of hydrogen-bond acceptors (Lipinski definition) is 0. The first kappa shape index (κ1) is 5.02. The maximum atomic E-state index is 2.40. The average Bonchev–Trinajstić information content (AvgIpc) is 2.42. The zero-order chi connectivity index (χ0) is 5.11. The first-order valence-corrected chi connectivity index (χ1v) is 3.27. The van der Waals surface area contributed by atoms with E-state index in [9.17, 15) is 0 Å². The molecule has 7 heavy (non-hydrogen) atoms. The van der Waals surface area contributed by atoms with Crippen molar-refractivity contribution in [2.45, 2.75) is 32.6 Å². The maximum absolute atomic E-state index is 2.40. The Labute approximate surface area is 45.9 Å². The lowest BCUT2D eigenvalue weighted by Gasteiger charge is -1.83. The highest BCUT2D eigenvalue weighted by Gasteiger charge is 2.33. The molecule has 0 aliphatic heterocycles. The molecule has 1 rings (SSSR count). The molecule has 1 aliphatic carbocycles. The second-order valence-electron chi connectivity index (χ2n) is 2.37. The van der Waals surface area contributed by atoms with Gasteiger partial charge in [0.1, 0.15) is 12.3 Å². The summed E-state index contributed by atoms with van der Waals surface area (Å²) in [5.41, 5.74) is 0. The molecule has 0 saturated heterocycles. The molecule has 0 aromatic rings. The van der Waals surface area contributed by atoms with Gasteiger partial charge in [0.05, 0.1) is 6.42 Å². The van der Waals surface area contributed by atoms with Crippen molar-refractivity contribution >= 4 is 0 Å². The summed E-state index contributed by atoms with van der Waals surface area (Å²) < 4.78 is 0. The Kier molecular flexibility index (Phi) is 1.61. The summed E-state index contributed by atoms with van der Waals surface area (Å²) in [6.07, 6.45) is 8.05. The van der Waals surface area contributed by atoms with Crippen molar-refractivity contribution in [2.75, 3.05) is 0 Å². The second-order valence-corrected chi connectivity index (χ2v) is 2.37. The molecule has 0 aromatic heterocycles. The third kappa shape index (κ3) is 1.86. The smallest absolute Gasteiger partial charge is 0.0654 e. The highest BCUT2D eigenvalue weighted by molar-refractivity contribution is 4.93. The van der Waals surface area contributed by atoms with Crippen LogP contribution in [0.5, 0.6) is 0 Å². The molecule has 0 aromatic carbocycles. The van der Waals surface area contributed by atoms with Gasteiger partial charge in [0.2, 0.25) is 0 Å². The summed E-state index contributed by atoms with van der Waals surface area (Å²) >= 11 is 0. The van der Waals surface area contributed by atoms with Gasteiger partial charge < -0.3 is 0 Å². The van der Waals surface area contributed by atoms with Crippen LogP contribution in [0.15, 0.2) is 0 Å². The standard InChI is InChI=1S/C7H13/c1-2-3-4-7-5-6-7/h5,7H,2-4,6H2,1H3/q+1. The minimum Gasteiger partial charge on any atom is -0.0654 e. The van der Waals surface area contributed by atoms with E-state index in [-0.39, 0.29) is 0 Å². The molecule has 1 fully saturated rings. The lowest BCUT2D eigenvalue weighted by atomic mass is 10.2. The quantitative estimate of drug-likeness (QED) is 0.474. The average molecular weight is 97.2 g/mol. The molecule has 0 amide bonds. The fourth-order valence-corrected chi connectivity index (χ4v) is 0.798. The first-order valence-electron chi connectivity index (χ1n) is 3.27. The van der Waals surface area contributed by atoms with Gasteiger partial charge in [-0.1, -0.05) is 13.3 Å². The molecule has 0 bridgehead atoms. The van der Waals surface area contributed by atoms with Crippen molar-refractivity contribution < 1.29 is 0 Å². The molecule has 0 radical (unpaired) electrons. The fourth-order valence-electron chi connectivity index (χ4n) is 0.798. The summed E-state index contributed by atoms with van der Waals surface area (Å²) in [6.45, 7) is 2.25. The van der Waals surface area contributed by atoms with E-state index in [0.29, 0.717) is 0 Å². The molecule has 1 aliphatic rings. The number of rotatable bonds is 3. The Hall–Kier alpha value is -0.130. The van der Waals surface area contributed by atoms with E-state index in [0.717, 1.165) is 5.92 Å². The van der Waals surface area contributed by atoms with Gasteiger partial charge >= 0.3 is 0 Å². The molecular weight excluding hydrogens is 84.1 g/mol. The van der Waals surface area contributed by atoms with Gasteiger partial charge in [-0.3, -0.25) is 0 Å². The van der Waals surface area contributed by atoms with Crippen LogP contribution in [0.4, 0.5) is 0 Å². The molecule has 1 saturated carbocycles. The van der Waals surface area contributed by atoms with Crippen LogP contribution in [-0.2, 0) is 0 Å². The Morgan fingerprint density at radius 3 is 2.86 bits per heavy atom. The van der Waals surface area contributed by atoms with E-state index in [4.69, 9.17) is 0 Å². The lowest BCUT2D eigenvalue weighted by molar-refractivity contribution is 0.668. The van der Waals surface area contributed by atoms with Gasteiger partial charge in [0, 0.05) is 0 Å². The molecular formula is C7H13+. The van der Waals surface area contributed by atoms with E-state index >= 15 is 0 Å². The normalized spacial score (nSPS) is 26.7. The lowest BCUT2D eigenvalue weighted by Crippen LogP contribution is -1.73. The van der Waals surface area contributed by atoms with Crippen LogP contribution in [0.1, 0.15) is 32.6 Å². The Morgan fingerprint density at radius 1 is 1.71 bits per heavy atom. The van der Waals surface area contributed by atoms with E-state index in [1.54, 1.807) is 0 Å². The molecule has 0 nitrogen and oxygen atoms in total. The summed E-state index contributed by atoms with van der Waals surface area (Å²) in [6, 6.07) is 0. The SMILES string of the molecule is CCCCC1[CH+]C1. The van der Waals surface area contributed by atoms with Gasteiger partial charge in [-0.05, 0) is 12.8 Å². The first-order chi connectivity index (χ1) is 3.43. The van der Waals surface area contributed by atoms with Crippen LogP contribution >= 0.6 is 0 Å². The van der Waals surface area contributed by atoms with Crippen molar-refractivity contribution in [3.05, 3.63) is 6.42 Å². The zero-order valence-corrected chi connectivity index (χ0v) is 4.98. The Bertz CT molecular complexity index is 44.0. The van der Waals surface area contributed by atoms with Gasteiger partial charge in [-0.2, -0.15) is 0 Å². The summed E-state index contributed by atoms with van der Waals surface area (Å²) in [4.78, 5) is 0. The monoisotopic (exact) mass is 97.1 g/mol. The summed E-state index contributed by atoms with van der Waals surface area (Å²) in [5.74, 6) is 1.03. The highest BCUT2D eigenvalue weighted by Crippen LogP contribution is 2.32. The van der Waals surface area contributed by atoms with E-state index in [2.05, 4.69) is 13.3 Å². The third-order valence-electron chi connectivity index (χ3n) is 1.50. The molecule has 40 valence electrons. The van der Waals surface area contributed by atoms with Crippen LogP contribution in [0.25, 0.3) is 0 Å². The minimum atomic E-state index is 1.03. The topological polar surface area (TPSA) is 0 Å². The Balaban J connectivity index is 1.80. The van der Waals surface area contributed by atoms with Crippen LogP contribution in [-0.4, -0.2) is 0 Å². The Morgan fingerprint density at radius 2 is 2.43 bits per heavy atom.